The van der Waals surface area contributed by atoms with Gasteiger partial charge in [0.25, 0.3) is 5.69 Å². The number of hydrogen-bond donors (Lipinski definition) is 1. The van der Waals surface area contributed by atoms with Crippen molar-refractivity contribution in [2.24, 2.45) is 0 Å². The van der Waals surface area contributed by atoms with E-state index in [-0.39, 0.29) is 79.0 Å². The fourth-order valence-corrected chi connectivity index (χ4v) is 8.85. The third-order valence-corrected chi connectivity index (χ3v) is 12.5. The molecule has 2 aliphatic rings. The summed E-state index contributed by atoms with van der Waals surface area (Å²) in [6, 6.07) is 7.30. The van der Waals surface area contributed by atoms with Gasteiger partial charge in [0.1, 0.15) is 52.2 Å². The van der Waals surface area contributed by atoms with E-state index >= 15 is 0 Å². The number of benzene rings is 2. The standard InChI is InChI=1S/C30H47N5O8.C23H44N4O5.C7H4FNO3/c1-23(37)19-31-10-11-32(20-27(38)42-29(2,3)4)12-13-33(21-28(39)43-30(5,6)7)15-17-34(16-14-31)25-9-8-24(22-36)18-26(25)35(40)41;1-19(28)16-25-10-8-24-9-11-26(17-20(29)31-22(2,3)4)13-15-27(14-12-25)18-21(30)32-23(5,6)7;8-6-2-1-5(4-10)3-7(6)9(11)12/h8-9,18,22H,10-17,19-21H2,1-7H3;24H,8-18H2,1-7H3;1-4H. The van der Waals surface area contributed by atoms with Crippen LogP contribution >= 0.6 is 0 Å². The summed E-state index contributed by atoms with van der Waals surface area (Å²) in [7, 11) is 0. The van der Waals surface area contributed by atoms with Crippen LogP contribution in [0.3, 0.4) is 0 Å². The Morgan fingerprint density at radius 1 is 0.460 bits per heavy atom. The number of anilines is 1. The number of nitrogens with zero attached hydrogens (tertiary/aromatic N) is 9. The number of nitrogens with one attached hydrogen (secondary N) is 1. The molecule has 0 aliphatic carbocycles. The van der Waals surface area contributed by atoms with Crippen molar-refractivity contribution < 1.29 is 71.5 Å². The van der Waals surface area contributed by atoms with Gasteiger partial charge >= 0.3 is 29.6 Å². The van der Waals surface area contributed by atoms with Gasteiger partial charge in [-0.15, -0.1) is 0 Å². The zero-order chi connectivity index (χ0) is 65.9. The molecule has 0 amide bonds. The third kappa shape index (κ3) is 34.4. The van der Waals surface area contributed by atoms with E-state index in [2.05, 4.69) is 15.1 Å². The molecule has 2 aliphatic heterocycles. The van der Waals surface area contributed by atoms with Crippen LogP contribution in [0.4, 0.5) is 21.5 Å². The minimum Gasteiger partial charge on any atom is -0.459 e. The molecule has 4 rings (SSSR count). The van der Waals surface area contributed by atoms with Crippen molar-refractivity contribution in [3.63, 3.8) is 0 Å². The van der Waals surface area contributed by atoms with E-state index in [0.717, 1.165) is 31.8 Å². The van der Waals surface area contributed by atoms with E-state index in [1.807, 2.05) is 66.0 Å². The summed E-state index contributed by atoms with van der Waals surface area (Å²) >= 11 is 0. The number of esters is 4. The number of halogens is 1. The van der Waals surface area contributed by atoms with Crippen molar-refractivity contribution in [1.82, 2.24) is 34.7 Å². The molecule has 0 radical (unpaired) electrons. The van der Waals surface area contributed by atoms with Crippen molar-refractivity contribution in [3.05, 3.63) is 73.6 Å². The lowest BCUT2D eigenvalue weighted by Crippen LogP contribution is -2.49. The average Bonchev–Trinajstić information content (AvgIpc) is 1.76. The Bertz CT molecular complexity index is 2620. The van der Waals surface area contributed by atoms with E-state index in [9.17, 15) is 63.0 Å². The first-order valence-electron chi connectivity index (χ1n) is 29.1. The molecular weight excluding hydrogens is 1140 g/mol. The maximum Gasteiger partial charge on any atom is 0.320 e. The number of ether oxygens (including phenoxy) is 4. The Labute approximate surface area is 511 Å². The molecule has 0 bridgehead atoms. The van der Waals surface area contributed by atoms with E-state index in [1.165, 1.54) is 25.1 Å². The van der Waals surface area contributed by atoms with Crippen LogP contribution in [0.15, 0.2) is 36.4 Å². The predicted molar refractivity (Wildman–Crippen MR) is 325 cm³/mol. The van der Waals surface area contributed by atoms with Crippen LogP contribution < -0.4 is 10.2 Å². The molecule has 0 spiro atoms. The molecule has 0 aromatic heterocycles. The molecule has 2 fully saturated rings. The van der Waals surface area contributed by atoms with Crippen LogP contribution in [0.25, 0.3) is 0 Å². The second kappa shape index (κ2) is 36.5. The molecule has 2 saturated heterocycles. The molecule has 87 heavy (non-hydrogen) atoms. The van der Waals surface area contributed by atoms with Crippen molar-refractivity contribution >= 4 is 65.1 Å². The Morgan fingerprint density at radius 2 is 0.736 bits per heavy atom. The zero-order valence-corrected chi connectivity index (χ0v) is 53.6. The van der Waals surface area contributed by atoms with E-state index in [1.54, 1.807) is 54.5 Å². The third-order valence-electron chi connectivity index (χ3n) is 12.5. The maximum atomic E-state index is 12.8. The molecule has 27 heteroatoms. The zero-order valence-electron chi connectivity index (χ0n) is 53.6. The summed E-state index contributed by atoms with van der Waals surface area (Å²) in [6.07, 6.45) is 0.986. The number of carbonyl (C=O) groups excluding carboxylic acids is 8. The molecular formula is C60H95FN10O16. The predicted octanol–water partition coefficient (Wildman–Crippen LogP) is 4.72. The number of rotatable bonds is 17. The van der Waals surface area contributed by atoms with Gasteiger partial charge in [0.2, 0.25) is 5.82 Å². The van der Waals surface area contributed by atoms with Gasteiger partial charge in [-0.05, 0) is 121 Å². The Morgan fingerprint density at radius 3 is 1.03 bits per heavy atom. The molecule has 2 heterocycles. The fraction of sp³-hybridized carbons (Fsp3) is 0.667. The number of nitro benzene ring substituents is 2. The van der Waals surface area contributed by atoms with Gasteiger partial charge in [-0.2, -0.15) is 4.39 Å². The van der Waals surface area contributed by atoms with Gasteiger partial charge in [0.15, 0.2) is 0 Å². The summed E-state index contributed by atoms with van der Waals surface area (Å²) in [5.41, 5.74) is -2.62. The topological polar surface area (TPSA) is 294 Å². The van der Waals surface area contributed by atoms with Gasteiger partial charge < -0.3 is 29.2 Å². The molecule has 26 nitrogen and oxygen atoms in total. The largest absolute Gasteiger partial charge is 0.459 e. The van der Waals surface area contributed by atoms with E-state index in [4.69, 9.17) is 18.9 Å². The van der Waals surface area contributed by atoms with Gasteiger partial charge in [-0.3, -0.25) is 88.0 Å². The second-order valence-corrected chi connectivity index (χ2v) is 25.4. The molecule has 2 aromatic carbocycles. The average molecular weight is 1230 g/mol. The Hall–Kier alpha value is -6.75. The number of carbonyl (C=O) groups is 8. The van der Waals surface area contributed by atoms with Crippen LogP contribution in [0.1, 0.15) is 118 Å². The first-order valence-corrected chi connectivity index (χ1v) is 29.1. The van der Waals surface area contributed by atoms with Gasteiger partial charge in [-0.25, -0.2) is 0 Å². The van der Waals surface area contributed by atoms with Crippen LogP contribution in [-0.2, 0) is 47.7 Å². The first-order chi connectivity index (χ1) is 40.3. The monoisotopic (exact) mass is 1230 g/mol. The quantitative estimate of drug-likeness (QED) is 0.0737. The molecule has 0 saturated carbocycles. The summed E-state index contributed by atoms with van der Waals surface area (Å²) < 4.78 is 34.7. The van der Waals surface area contributed by atoms with E-state index in [0.29, 0.717) is 110 Å². The van der Waals surface area contributed by atoms with Crippen LogP contribution in [-0.4, -0.2) is 254 Å². The first kappa shape index (κ1) is 76.3. The van der Waals surface area contributed by atoms with E-state index < -0.39 is 49.7 Å². The summed E-state index contributed by atoms with van der Waals surface area (Å²) in [6.45, 7) is 34.7. The van der Waals surface area contributed by atoms with Crippen molar-refractivity contribution in [3.8, 4) is 0 Å². The second-order valence-electron chi connectivity index (χ2n) is 25.4. The van der Waals surface area contributed by atoms with Crippen LogP contribution in [0.5, 0.6) is 0 Å². The van der Waals surface area contributed by atoms with Crippen molar-refractivity contribution in [2.45, 2.75) is 119 Å². The lowest BCUT2D eigenvalue weighted by Gasteiger charge is -2.34. The highest BCUT2D eigenvalue weighted by Crippen LogP contribution is 2.29. The summed E-state index contributed by atoms with van der Waals surface area (Å²) in [5, 5.41) is 25.5. The van der Waals surface area contributed by atoms with Gasteiger partial charge in [-0.1, -0.05) is 0 Å². The van der Waals surface area contributed by atoms with Gasteiger partial charge in [0, 0.05) is 128 Å². The smallest absolute Gasteiger partial charge is 0.320 e. The summed E-state index contributed by atoms with van der Waals surface area (Å²) in [4.78, 5) is 130. The van der Waals surface area contributed by atoms with Crippen LogP contribution in [0.2, 0.25) is 0 Å². The fourth-order valence-electron chi connectivity index (χ4n) is 8.85. The SMILES string of the molecule is CC(=O)CN1CCN(CC(=O)OC(C)(C)C)CCN(CC(=O)OC(C)(C)C)CCN(c2ccc(C=O)cc2[N+](=O)[O-])CC1.CC(=O)CN1CCNCCN(CC(=O)OC(C)(C)C)CCN(CC(=O)OC(C)(C)C)CC1.O=Cc1ccc(F)c([N+](=O)[O-])c1. The highest BCUT2D eigenvalue weighted by molar-refractivity contribution is 5.80. The minimum atomic E-state index is -0.939. The minimum absolute atomic E-state index is 0.00593. The number of aldehydes is 2. The van der Waals surface area contributed by atoms with Crippen LogP contribution in [0, 0.1) is 26.0 Å². The lowest BCUT2D eigenvalue weighted by molar-refractivity contribution is -0.387. The number of hydrogen-bond acceptors (Lipinski definition) is 24. The molecule has 0 atom stereocenters. The molecule has 488 valence electrons. The number of Topliss-reactive ketones (excluding diaryl/α,β-unsaturated/α-hetero) is 2. The lowest BCUT2D eigenvalue weighted by atomic mass is 10.1. The van der Waals surface area contributed by atoms with Crippen molar-refractivity contribution in [2.75, 3.05) is 149 Å². The Balaban J connectivity index is 0.000000511. The molecule has 2 aromatic rings. The van der Waals surface area contributed by atoms with Crippen molar-refractivity contribution in [1.29, 1.82) is 0 Å². The maximum absolute atomic E-state index is 12.8. The highest BCUT2D eigenvalue weighted by Gasteiger charge is 2.28. The normalized spacial score (nSPS) is 16.7. The Kier molecular flexibility index (Phi) is 32.1. The highest BCUT2D eigenvalue weighted by atomic mass is 19.1. The van der Waals surface area contributed by atoms with Gasteiger partial charge in [0.05, 0.1) is 49.1 Å². The number of nitro groups is 2. The summed E-state index contributed by atoms with van der Waals surface area (Å²) in [5.74, 6) is -2.14. The molecule has 1 N–H and O–H groups in total. The molecule has 0 unspecified atom stereocenters. The number of ketones is 2.